The molecule has 0 spiro atoms. The second kappa shape index (κ2) is 9.74. The fourth-order valence-corrected chi connectivity index (χ4v) is 3.78. The van der Waals surface area contributed by atoms with Crippen LogP contribution in [-0.2, 0) is 0 Å². The van der Waals surface area contributed by atoms with Gasteiger partial charge in [-0.05, 0) is 55.0 Å². The fraction of sp³-hybridized carbons (Fsp3) is 0.350. The molecule has 0 bridgehead atoms. The minimum Gasteiger partial charge on any atom is -0.369 e. The third-order valence-electron chi connectivity index (χ3n) is 4.78. The van der Waals surface area contributed by atoms with Crippen LogP contribution in [0.25, 0.3) is 0 Å². The largest absolute Gasteiger partial charge is 0.369 e. The van der Waals surface area contributed by atoms with Gasteiger partial charge in [-0.1, -0.05) is 29.3 Å². The van der Waals surface area contributed by atoms with Crippen molar-refractivity contribution in [3.05, 3.63) is 57.8 Å². The van der Waals surface area contributed by atoms with Crippen LogP contribution < -0.4 is 15.5 Å². The van der Waals surface area contributed by atoms with Gasteiger partial charge in [0.2, 0.25) is 0 Å². The predicted octanol–water partition coefficient (Wildman–Crippen LogP) is 4.55. The van der Waals surface area contributed by atoms with Gasteiger partial charge < -0.3 is 15.5 Å². The molecule has 1 saturated heterocycles. The van der Waals surface area contributed by atoms with Crippen molar-refractivity contribution in [2.45, 2.75) is 6.92 Å². The first kappa shape index (κ1) is 21.1. The van der Waals surface area contributed by atoms with Crippen molar-refractivity contribution in [1.29, 1.82) is 0 Å². The van der Waals surface area contributed by atoms with Crippen molar-refractivity contribution >= 4 is 51.9 Å². The fourth-order valence-electron chi connectivity index (χ4n) is 3.21. The molecule has 0 amide bonds. The summed E-state index contributed by atoms with van der Waals surface area (Å²) in [6.45, 7) is 7.66. The predicted molar refractivity (Wildman–Crippen MR) is 120 cm³/mol. The van der Waals surface area contributed by atoms with Crippen molar-refractivity contribution < 1.29 is 4.39 Å². The number of nitrogens with one attached hydrogen (secondary N) is 2. The minimum atomic E-state index is -0.446. The SMILES string of the molecule is Cc1ccc(Cl)cc1N1CCN(CCNC(=S)Nc2ccc(F)c(Cl)c2)CC1. The van der Waals surface area contributed by atoms with Gasteiger partial charge in [-0.3, -0.25) is 4.90 Å². The lowest BCUT2D eigenvalue weighted by Crippen LogP contribution is -2.48. The van der Waals surface area contributed by atoms with E-state index in [1.807, 2.05) is 12.1 Å². The molecule has 0 aromatic heterocycles. The number of rotatable bonds is 5. The number of benzene rings is 2. The van der Waals surface area contributed by atoms with Crippen molar-refractivity contribution in [1.82, 2.24) is 10.2 Å². The molecule has 0 aliphatic carbocycles. The van der Waals surface area contributed by atoms with Gasteiger partial charge in [0.1, 0.15) is 5.82 Å². The number of hydrogen-bond acceptors (Lipinski definition) is 3. The van der Waals surface area contributed by atoms with E-state index in [0.29, 0.717) is 10.8 Å². The van der Waals surface area contributed by atoms with Gasteiger partial charge in [-0.2, -0.15) is 0 Å². The lowest BCUT2D eigenvalue weighted by atomic mass is 10.1. The topological polar surface area (TPSA) is 30.5 Å². The summed E-state index contributed by atoms with van der Waals surface area (Å²) < 4.78 is 13.2. The summed E-state index contributed by atoms with van der Waals surface area (Å²) in [5.41, 5.74) is 3.12. The molecule has 150 valence electrons. The lowest BCUT2D eigenvalue weighted by molar-refractivity contribution is 0.262. The number of nitrogens with zero attached hydrogens (tertiary/aromatic N) is 2. The standard InChI is InChI=1S/C20H23Cl2FN4S/c1-14-2-3-15(21)12-19(14)27-10-8-26(9-11-27)7-6-24-20(28)25-16-4-5-18(23)17(22)13-16/h2-5,12-13H,6-11H2,1H3,(H2,24,25,28). The van der Waals surface area contributed by atoms with Gasteiger partial charge >= 0.3 is 0 Å². The zero-order chi connectivity index (χ0) is 20.1. The molecule has 4 nitrogen and oxygen atoms in total. The van der Waals surface area contributed by atoms with Crippen molar-refractivity contribution in [3.63, 3.8) is 0 Å². The average Bonchev–Trinajstić information content (AvgIpc) is 2.67. The Hall–Kier alpha value is -1.60. The number of piperazine rings is 1. The molecule has 0 atom stereocenters. The van der Waals surface area contributed by atoms with Crippen LogP contribution in [0.3, 0.4) is 0 Å². The highest BCUT2D eigenvalue weighted by molar-refractivity contribution is 7.80. The van der Waals surface area contributed by atoms with Gasteiger partial charge in [0, 0.05) is 55.7 Å². The van der Waals surface area contributed by atoms with Gasteiger partial charge in [-0.15, -0.1) is 0 Å². The second-order valence-electron chi connectivity index (χ2n) is 6.77. The summed E-state index contributed by atoms with van der Waals surface area (Å²) in [6, 6.07) is 10.5. The molecule has 8 heteroatoms. The molecule has 3 rings (SSSR count). The highest BCUT2D eigenvalue weighted by Gasteiger charge is 2.18. The average molecular weight is 441 g/mol. The molecular formula is C20H23Cl2FN4S. The van der Waals surface area contributed by atoms with Crippen molar-refractivity contribution in [2.75, 3.05) is 49.5 Å². The monoisotopic (exact) mass is 440 g/mol. The number of thiocarbonyl (C=S) groups is 1. The van der Waals surface area contributed by atoms with Crippen LogP contribution in [0, 0.1) is 12.7 Å². The van der Waals surface area contributed by atoms with E-state index >= 15 is 0 Å². The van der Waals surface area contributed by atoms with E-state index in [1.54, 1.807) is 6.07 Å². The molecule has 2 N–H and O–H groups in total. The number of anilines is 2. The molecule has 2 aromatic rings. The van der Waals surface area contributed by atoms with Crippen LogP contribution in [-0.4, -0.2) is 49.3 Å². The molecule has 1 aliphatic rings. The number of aryl methyl sites for hydroxylation is 1. The molecule has 1 fully saturated rings. The Morgan fingerprint density at radius 2 is 1.86 bits per heavy atom. The molecule has 2 aromatic carbocycles. The van der Waals surface area contributed by atoms with E-state index in [9.17, 15) is 4.39 Å². The summed E-state index contributed by atoms with van der Waals surface area (Å²) in [6.07, 6.45) is 0. The second-order valence-corrected chi connectivity index (χ2v) is 8.02. The minimum absolute atomic E-state index is 0.0700. The highest BCUT2D eigenvalue weighted by Crippen LogP contribution is 2.25. The number of hydrogen-bond donors (Lipinski definition) is 2. The Morgan fingerprint density at radius 1 is 1.11 bits per heavy atom. The summed E-state index contributed by atoms with van der Waals surface area (Å²) in [7, 11) is 0. The molecule has 1 heterocycles. The van der Waals surface area contributed by atoms with E-state index in [1.165, 1.54) is 23.4 Å². The molecule has 0 unspecified atom stereocenters. The summed E-state index contributed by atoms with van der Waals surface area (Å²) in [5, 5.41) is 7.54. The van der Waals surface area contributed by atoms with Crippen LogP contribution in [0.1, 0.15) is 5.56 Å². The maximum absolute atomic E-state index is 13.2. The highest BCUT2D eigenvalue weighted by atomic mass is 35.5. The smallest absolute Gasteiger partial charge is 0.170 e. The van der Waals surface area contributed by atoms with E-state index in [0.717, 1.165) is 44.3 Å². The van der Waals surface area contributed by atoms with Crippen LogP contribution in [0.4, 0.5) is 15.8 Å². The van der Waals surface area contributed by atoms with E-state index in [2.05, 4.69) is 33.4 Å². The van der Waals surface area contributed by atoms with Crippen LogP contribution in [0.15, 0.2) is 36.4 Å². The van der Waals surface area contributed by atoms with Crippen LogP contribution in [0.5, 0.6) is 0 Å². The van der Waals surface area contributed by atoms with E-state index in [4.69, 9.17) is 35.4 Å². The van der Waals surface area contributed by atoms with Gasteiger partial charge in [0.15, 0.2) is 5.11 Å². The Morgan fingerprint density at radius 3 is 2.57 bits per heavy atom. The Labute approximate surface area is 180 Å². The Bertz CT molecular complexity index is 841. The molecule has 0 saturated carbocycles. The third-order valence-corrected chi connectivity index (χ3v) is 5.55. The van der Waals surface area contributed by atoms with Gasteiger partial charge in [0.05, 0.1) is 5.02 Å². The zero-order valence-electron chi connectivity index (χ0n) is 15.6. The Balaban J connectivity index is 1.40. The summed E-state index contributed by atoms with van der Waals surface area (Å²) in [5.74, 6) is -0.446. The Kier molecular flexibility index (Phi) is 7.35. The number of halogens is 3. The third kappa shape index (κ3) is 5.70. The quantitative estimate of drug-likeness (QED) is 0.665. The lowest BCUT2D eigenvalue weighted by Gasteiger charge is -2.37. The normalized spacial score (nSPS) is 14.8. The van der Waals surface area contributed by atoms with Crippen molar-refractivity contribution in [3.8, 4) is 0 Å². The zero-order valence-corrected chi connectivity index (χ0v) is 18.0. The first-order valence-corrected chi connectivity index (χ1v) is 10.3. The first-order valence-electron chi connectivity index (χ1n) is 9.16. The van der Waals surface area contributed by atoms with Gasteiger partial charge in [0.25, 0.3) is 0 Å². The molecule has 0 radical (unpaired) electrons. The maximum Gasteiger partial charge on any atom is 0.170 e. The van der Waals surface area contributed by atoms with E-state index in [-0.39, 0.29) is 5.02 Å². The maximum atomic E-state index is 13.2. The first-order chi connectivity index (χ1) is 13.4. The molecule has 28 heavy (non-hydrogen) atoms. The molecule has 1 aliphatic heterocycles. The van der Waals surface area contributed by atoms with Crippen molar-refractivity contribution in [2.24, 2.45) is 0 Å². The molecular weight excluding hydrogens is 418 g/mol. The van der Waals surface area contributed by atoms with Crippen LogP contribution in [0.2, 0.25) is 10.0 Å². The van der Waals surface area contributed by atoms with Gasteiger partial charge in [-0.25, -0.2) is 4.39 Å². The summed E-state index contributed by atoms with van der Waals surface area (Å²) in [4.78, 5) is 4.79. The van der Waals surface area contributed by atoms with E-state index < -0.39 is 5.82 Å². The summed E-state index contributed by atoms with van der Waals surface area (Å²) >= 11 is 17.2. The van der Waals surface area contributed by atoms with Crippen LogP contribution >= 0.6 is 35.4 Å².